The van der Waals surface area contributed by atoms with Crippen LogP contribution in [0.25, 0.3) is 133 Å². The van der Waals surface area contributed by atoms with Crippen molar-refractivity contribution < 1.29 is 27.4 Å². The van der Waals surface area contributed by atoms with Crippen molar-refractivity contribution in [2.24, 2.45) is 42.3 Å². The van der Waals surface area contributed by atoms with Crippen molar-refractivity contribution in [1.29, 1.82) is 0 Å². The second-order valence-electron chi connectivity index (χ2n) is 30.8. The smallest absolute Gasteiger partial charge is 0.194 e. The molecule has 6 heterocycles. The Morgan fingerprint density at radius 1 is 0.158 bits per heavy atom. The van der Waals surface area contributed by atoms with E-state index in [4.69, 9.17) is 0 Å². The Morgan fingerprint density at radius 2 is 0.430 bits per heavy atom. The summed E-state index contributed by atoms with van der Waals surface area (Å²) >= 11 is 0. The fourth-order valence-corrected chi connectivity index (χ4v) is 16.1. The molecule has 12 aromatic carbocycles. The van der Waals surface area contributed by atoms with Crippen molar-refractivity contribution in [3.05, 3.63) is 394 Å². The summed E-state index contributed by atoms with van der Waals surface area (Å²) in [5.74, 6) is 0. The average molecular weight is 1490 g/mol. The zero-order valence-electron chi connectivity index (χ0n) is 69.9. The lowest BCUT2D eigenvalue weighted by Gasteiger charge is -2.09. The van der Waals surface area contributed by atoms with Gasteiger partial charge in [0, 0.05) is 138 Å². The average Bonchev–Trinajstić information content (AvgIpc) is 0.789. The molecule has 0 bridgehead atoms. The van der Waals surface area contributed by atoms with Crippen molar-refractivity contribution >= 4 is 65.4 Å². The molecule has 0 radical (unpaired) electrons. The third kappa shape index (κ3) is 17.1. The SMILES string of the molecule is Cc1ccc(C)c(-c2ccc3c(C)cccc3[n+]2C)c1.Cc1ccc(C)c(-c2ccc3ccccc3[n+]2C)c1.Cc1ccc2ccc(-c3ccccc3C)[n+](C)c2c1.Cc1ccccc1-c1c(C)cc2ccccc2[n+]1C.Cc1ccccc1-c1ccc2c(C)cccc2[n+]1C.Cc1ccccc1-c1ccc2ccccc2[n+]1C. The van der Waals surface area contributed by atoms with Crippen LogP contribution in [0.15, 0.2) is 328 Å². The number of pyridine rings is 6. The third-order valence-corrected chi connectivity index (χ3v) is 22.7. The fourth-order valence-electron chi connectivity index (χ4n) is 16.1. The highest BCUT2D eigenvalue weighted by atomic mass is 15.0. The maximum atomic E-state index is 2.30. The first-order valence-electron chi connectivity index (χ1n) is 39.7. The van der Waals surface area contributed by atoms with Gasteiger partial charge in [-0.2, -0.15) is 27.4 Å². The van der Waals surface area contributed by atoms with Crippen LogP contribution in [0.1, 0.15) is 66.8 Å². The Balaban J connectivity index is 0.000000119. The number of hydrogen-bond donors (Lipinski definition) is 0. The molecule has 0 fully saturated rings. The van der Waals surface area contributed by atoms with Crippen LogP contribution in [0.4, 0.5) is 0 Å². The molecular weight excluding hydrogens is 1380 g/mol. The first kappa shape index (κ1) is 79.2. The Kier molecular flexibility index (Phi) is 24.5. The molecule has 6 aromatic heterocycles. The Labute approximate surface area is 675 Å². The van der Waals surface area contributed by atoms with E-state index in [1.54, 1.807) is 0 Å². The summed E-state index contributed by atoms with van der Waals surface area (Å²) in [4.78, 5) is 0. The predicted molar refractivity (Wildman–Crippen MR) is 480 cm³/mol. The molecule has 0 amide bonds. The van der Waals surface area contributed by atoms with Crippen LogP contribution in [0.2, 0.25) is 0 Å². The first-order chi connectivity index (χ1) is 55.0. The summed E-state index contributed by atoms with van der Waals surface area (Å²) < 4.78 is 13.7. The minimum atomic E-state index is 1.26. The van der Waals surface area contributed by atoms with Crippen molar-refractivity contribution in [2.45, 2.75) is 83.1 Å². The van der Waals surface area contributed by atoms with Crippen molar-refractivity contribution in [1.82, 2.24) is 0 Å². The Morgan fingerprint density at radius 3 is 0.842 bits per heavy atom. The van der Waals surface area contributed by atoms with E-state index in [9.17, 15) is 0 Å². The largest absolute Gasteiger partial charge is 0.215 e. The predicted octanol–water partition coefficient (Wildman–Crippen LogP) is 23.7. The van der Waals surface area contributed by atoms with Gasteiger partial charge in [0.1, 0.15) is 42.3 Å². The Bertz CT molecular complexity index is 6540. The highest BCUT2D eigenvalue weighted by molar-refractivity contribution is 5.85. The van der Waals surface area contributed by atoms with Gasteiger partial charge in [-0.15, -0.1) is 0 Å². The second kappa shape index (κ2) is 35.2. The van der Waals surface area contributed by atoms with Crippen LogP contribution < -0.4 is 27.4 Å². The lowest BCUT2D eigenvalue weighted by Crippen LogP contribution is -2.33. The molecule has 0 atom stereocenters. The molecule has 0 saturated carbocycles. The van der Waals surface area contributed by atoms with E-state index in [-0.39, 0.29) is 0 Å². The number of para-hydroxylation sites is 3. The van der Waals surface area contributed by atoms with E-state index < -0.39 is 0 Å². The number of benzene rings is 12. The van der Waals surface area contributed by atoms with Crippen molar-refractivity contribution in [3.8, 4) is 67.5 Å². The van der Waals surface area contributed by atoms with Gasteiger partial charge in [-0.25, -0.2) is 0 Å². The highest BCUT2D eigenvalue weighted by Crippen LogP contribution is 2.31. The van der Waals surface area contributed by atoms with Crippen LogP contribution in [-0.4, -0.2) is 0 Å². The molecule has 18 aromatic rings. The topological polar surface area (TPSA) is 23.3 Å². The standard InChI is InChI=1S/C19H20N.4C18H18N.C17H16N/c1-13-8-9-15(3)17(12-13)19-11-10-16-14(2)6-5-7-18(16)20(19)4;1-13-8-4-6-10-16(13)18-14(2)12-15-9-5-7-11-17(15)19(18)3;1-13-7-4-5-9-15(13)18-12-11-16-14(2)8-6-10-17(16)19(18)3;1-13-8-9-14(2)16(12-13)18-11-10-15-6-4-5-7-17(15)19(18)3;1-13-8-9-15-10-11-17(19(3)18(15)12-13)16-7-5-4-6-14(16)2;1-13-7-3-5-9-15(13)17-12-11-14-8-4-6-10-16(14)18(17)2/h5-12H,1-4H3;4*4-12H,1-3H3;3-12H,1-2H3/q6*+1. The molecular formula is C108H108N6+6. The fraction of sp³-hybridized carbons (Fsp3) is 0.167. The summed E-state index contributed by atoms with van der Waals surface area (Å²) in [5, 5.41) is 7.77. The van der Waals surface area contributed by atoms with Crippen molar-refractivity contribution in [3.63, 3.8) is 0 Å². The van der Waals surface area contributed by atoms with Crippen LogP contribution >= 0.6 is 0 Å². The minimum absolute atomic E-state index is 1.26. The number of aromatic nitrogens is 6. The van der Waals surface area contributed by atoms with Crippen LogP contribution in [0.3, 0.4) is 0 Å². The number of aryl methyl sites for hydroxylation is 18. The van der Waals surface area contributed by atoms with Gasteiger partial charge in [0.2, 0.25) is 67.3 Å². The van der Waals surface area contributed by atoms with Gasteiger partial charge in [-0.05, 0) is 230 Å². The van der Waals surface area contributed by atoms with Gasteiger partial charge < -0.3 is 0 Å². The lowest BCUT2D eigenvalue weighted by molar-refractivity contribution is -0.634. The van der Waals surface area contributed by atoms with E-state index in [1.165, 1.54) is 200 Å². The van der Waals surface area contributed by atoms with Crippen molar-refractivity contribution in [2.75, 3.05) is 0 Å². The first-order valence-corrected chi connectivity index (χ1v) is 39.7. The van der Waals surface area contributed by atoms with E-state index in [0.29, 0.717) is 0 Å². The molecule has 18 rings (SSSR count). The maximum Gasteiger partial charge on any atom is 0.215 e. The molecule has 0 aliphatic heterocycles. The lowest BCUT2D eigenvalue weighted by atomic mass is 10.00. The molecule has 0 aliphatic carbocycles. The number of nitrogens with zero attached hydrogens (tertiary/aromatic N) is 6. The summed E-state index contributed by atoms with van der Waals surface area (Å²) in [5.41, 5.74) is 38.8. The van der Waals surface area contributed by atoms with Gasteiger partial charge in [0.05, 0.1) is 0 Å². The third-order valence-electron chi connectivity index (χ3n) is 22.7. The van der Waals surface area contributed by atoms with Gasteiger partial charge in [-0.1, -0.05) is 175 Å². The molecule has 0 aliphatic rings. The number of hydrogen-bond acceptors (Lipinski definition) is 0. The van der Waals surface area contributed by atoms with Gasteiger partial charge in [-0.3, -0.25) is 0 Å². The van der Waals surface area contributed by atoms with Gasteiger partial charge in [0.15, 0.2) is 0 Å². The van der Waals surface area contributed by atoms with E-state index in [0.717, 1.165) is 0 Å². The molecule has 0 unspecified atom stereocenters. The zero-order chi connectivity index (χ0) is 80.4. The number of rotatable bonds is 6. The van der Waals surface area contributed by atoms with E-state index in [1.807, 2.05) is 0 Å². The summed E-state index contributed by atoms with van der Waals surface area (Å²) in [6.45, 7) is 25.9. The van der Waals surface area contributed by atoms with Gasteiger partial charge >= 0.3 is 0 Å². The second-order valence-corrected chi connectivity index (χ2v) is 30.8. The normalized spacial score (nSPS) is 10.9. The monoisotopic (exact) mass is 1490 g/mol. The minimum Gasteiger partial charge on any atom is -0.194 e. The highest BCUT2D eigenvalue weighted by Gasteiger charge is 2.23. The Hall–Kier alpha value is -12.9. The molecule has 6 heteroatoms. The molecule has 0 spiro atoms. The molecule has 564 valence electrons. The van der Waals surface area contributed by atoms with Gasteiger partial charge in [0.25, 0.3) is 0 Å². The molecule has 114 heavy (non-hydrogen) atoms. The summed E-state index contributed by atoms with van der Waals surface area (Å²) in [7, 11) is 12.9. The molecule has 0 N–H and O–H groups in total. The zero-order valence-corrected chi connectivity index (χ0v) is 69.9. The summed E-state index contributed by atoms with van der Waals surface area (Å²) in [6.07, 6.45) is 0. The van der Waals surface area contributed by atoms with E-state index in [2.05, 4.69) is 480 Å². The van der Waals surface area contributed by atoms with Crippen LogP contribution in [0, 0.1) is 83.1 Å². The van der Waals surface area contributed by atoms with Crippen LogP contribution in [-0.2, 0) is 42.3 Å². The van der Waals surface area contributed by atoms with E-state index >= 15 is 0 Å². The van der Waals surface area contributed by atoms with Crippen LogP contribution in [0.5, 0.6) is 0 Å². The molecule has 6 nitrogen and oxygen atoms in total. The molecule has 0 saturated heterocycles. The quantitative estimate of drug-likeness (QED) is 0.148. The summed E-state index contributed by atoms with van der Waals surface area (Å²) in [6, 6.07) is 117. The number of fused-ring (bicyclic) bond motifs is 6. The maximum absolute atomic E-state index is 2.30.